The van der Waals surface area contributed by atoms with E-state index in [4.69, 9.17) is 5.73 Å². The zero-order valence-electron chi connectivity index (χ0n) is 8.83. The van der Waals surface area contributed by atoms with Crippen molar-refractivity contribution in [3.63, 3.8) is 0 Å². The second-order valence-electron chi connectivity index (χ2n) is 4.09. The van der Waals surface area contributed by atoms with Gasteiger partial charge in [0.2, 0.25) is 0 Å². The van der Waals surface area contributed by atoms with E-state index in [1.807, 2.05) is 6.92 Å². The van der Waals surface area contributed by atoms with E-state index >= 15 is 0 Å². The fraction of sp³-hybridized carbons (Fsp3) is 0.545. The predicted molar refractivity (Wildman–Crippen MR) is 59.4 cm³/mol. The van der Waals surface area contributed by atoms with E-state index in [0.29, 0.717) is 6.04 Å². The van der Waals surface area contributed by atoms with Crippen LogP contribution in [0.15, 0.2) is 12.3 Å². The Bertz CT molecular complexity index is 331. The van der Waals surface area contributed by atoms with Gasteiger partial charge in [-0.15, -0.1) is 0 Å². The number of hydrogen-bond acceptors (Lipinski definition) is 3. The molecule has 0 unspecified atom stereocenters. The average molecular weight is 191 g/mol. The lowest BCUT2D eigenvalue weighted by Crippen LogP contribution is -2.37. The third-order valence-electron chi connectivity index (χ3n) is 3.12. The van der Waals surface area contributed by atoms with Crippen molar-refractivity contribution in [1.29, 1.82) is 0 Å². The van der Waals surface area contributed by atoms with E-state index in [9.17, 15) is 0 Å². The van der Waals surface area contributed by atoms with Gasteiger partial charge >= 0.3 is 0 Å². The fourth-order valence-corrected chi connectivity index (χ4v) is 1.71. The quantitative estimate of drug-likeness (QED) is 0.777. The summed E-state index contributed by atoms with van der Waals surface area (Å²) in [6.07, 6.45) is 5.69. The molecule has 0 bridgehead atoms. The highest BCUT2D eigenvalue weighted by Crippen LogP contribution is 2.27. The molecule has 1 aromatic rings. The molecule has 1 saturated carbocycles. The van der Waals surface area contributed by atoms with Crippen molar-refractivity contribution >= 4 is 11.5 Å². The number of aryl methyl sites for hydroxylation is 1. The van der Waals surface area contributed by atoms with Crippen LogP contribution in [-0.2, 0) is 0 Å². The number of nitrogens with zero attached hydrogens (tertiary/aromatic N) is 2. The van der Waals surface area contributed by atoms with Gasteiger partial charge in [0.05, 0.1) is 11.9 Å². The molecular weight excluding hydrogens is 174 g/mol. The Morgan fingerprint density at radius 3 is 2.71 bits per heavy atom. The summed E-state index contributed by atoms with van der Waals surface area (Å²) in [4.78, 5) is 6.60. The minimum absolute atomic E-state index is 0.686. The van der Waals surface area contributed by atoms with Crippen molar-refractivity contribution in [2.45, 2.75) is 32.2 Å². The summed E-state index contributed by atoms with van der Waals surface area (Å²) in [7, 11) is 2.11. The Morgan fingerprint density at radius 1 is 1.50 bits per heavy atom. The second kappa shape index (κ2) is 3.48. The van der Waals surface area contributed by atoms with E-state index < -0.39 is 0 Å². The Hall–Kier alpha value is -1.25. The number of nitrogens with two attached hydrogens (primary N) is 1. The minimum Gasteiger partial charge on any atom is -0.397 e. The van der Waals surface area contributed by atoms with Gasteiger partial charge in [-0.3, -0.25) is 0 Å². The maximum Gasteiger partial charge on any atom is 0.128 e. The molecule has 1 aromatic heterocycles. The Labute approximate surface area is 84.9 Å². The molecule has 1 fully saturated rings. The van der Waals surface area contributed by atoms with Crippen molar-refractivity contribution in [3.05, 3.63) is 17.8 Å². The normalized spacial score (nSPS) is 16.4. The van der Waals surface area contributed by atoms with Crippen LogP contribution in [0.2, 0.25) is 0 Å². The Morgan fingerprint density at radius 2 is 2.21 bits per heavy atom. The van der Waals surface area contributed by atoms with E-state index in [2.05, 4.69) is 23.0 Å². The molecule has 3 nitrogen and oxygen atoms in total. The lowest BCUT2D eigenvalue weighted by molar-refractivity contribution is 0.399. The van der Waals surface area contributed by atoms with Crippen molar-refractivity contribution < 1.29 is 0 Å². The zero-order chi connectivity index (χ0) is 10.1. The van der Waals surface area contributed by atoms with Gasteiger partial charge in [-0.2, -0.15) is 0 Å². The molecule has 1 aliphatic rings. The van der Waals surface area contributed by atoms with Gasteiger partial charge in [-0.05, 0) is 37.8 Å². The minimum atomic E-state index is 0.686. The third-order valence-corrected chi connectivity index (χ3v) is 3.12. The van der Waals surface area contributed by atoms with Gasteiger partial charge in [0.15, 0.2) is 0 Å². The molecule has 2 rings (SSSR count). The summed E-state index contributed by atoms with van der Waals surface area (Å²) in [5, 5.41) is 0. The molecule has 0 aromatic carbocycles. The fourth-order valence-electron chi connectivity index (χ4n) is 1.71. The second-order valence-corrected chi connectivity index (χ2v) is 4.09. The smallest absolute Gasteiger partial charge is 0.128 e. The van der Waals surface area contributed by atoms with Crippen LogP contribution in [-0.4, -0.2) is 18.1 Å². The summed E-state index contributed by atoms with van der Waals surface area (Å²) >= 11 is 0. The highest BCUT2D eigenvalue weighted by molar-refractivity contribution is 5.52. The van der Waals surface area contributed by atoms with E-state index in [1.54, 1.807) is 6.20 Å². The number of hydrogen-bond donors (Lipinski definition) is 1. The molecule has 1 aliphatic carbocycles. The predicted octanol–water partition coefficient (Wildman–Crippen LogP) is 1.96. The first kappa shape index (κ1) is 9.31. The van der Waals surface area contributed by atoms with Gasteiger partial charge in [0, 0.05) is 13.1 Å². The molecule has 0 radical (unpaired) electrons. The molecule has 0 atom stereocenters. The summed E-state index contributed by atoms with van der Waals surface area (Å²) in [5.74, 6) is 1.04. The van der Waals surface area contributed by atoms with E-state index in [-0.39, 0.29) is 0 Å². The van der Waals surface area contributed by atoms with Crippen LogP contribution >= 0.6 is 0 Å². The molecule has 14 heavy (non-hydrogen) atoms. The first-order valence-corrected chi connectivity index (χ1v) is 5.13. The van der Waals surface area contributed by atoms with Crippen molar-refractivity contribution in [3.8, 4) is 0 Å². The van der Waals surface area contributed by atoms with Gasteiger partial charge in [-0.25, -0.2) is 4.98 Å². The third kappa shape index (κ3) is 1.54. The van der Waals surface area contributed by atoms with Gasteiger partial charge in [0.1, 0.15) is 5.82 Å². The van der Waals surface area contributed by atoms with Crippen LogP contribution in [0.25, 0.3) is 0 Å². The van der Waals surface area contributed by atoms with Crippen molar-refractivity contribution in [2.24, 2.45) is 0 Å². The standard InChI is InChI=1S/C11H17N3/c1-8-6-11(13-7-10(8)12)14(2)9-4-3-5-9/h6-7,9H,3-5,12H2,1-2H3. The molecule has 0 saturated heterocycles. The maximum atomic E-state index is 5.73. The van der Waals surface area contributed by atoms with E-state index in [0.717, 1.165) is 17.1 Å². The number of pyridine rings is 1. The van der Waals surface area contributed by atoms with Crippen molar-refractivity contribution in [1.82, 2.24) is 4.98 Å². The number of rotatable bonds is 2. The molecule has 1 heterocycles. The average Bonchev–Trinajstić information content (AvgIpc) is 2.06. The molecule has 0 aliphatic heterocycles. The Balaban J connectivity index is 2.18. The van der Waals surface area contributed by atoms with Crippen LogP contribution in [0.3, 0.4) is 0 Å². The monoisotopic (exact) mass is 191 g/mol. The Kier molecular flexibility index (Phi) is 2.32. The molecular formula is C11H17N3. The first-order valence-electron chi connectivity index (χ1n) is 5.13. The molecule has 76 valence electrons. The first-order chi connectivity index (χ1) is 6.68. The SMILES string of the molecule is Cc1cc(N(C)C2CCC2)ncc1N. The van der Waals surface area contributed by atoms with Crippen LogP contribution in [0.5, 0.6) is 0 Å². The summed E-state index contributed by atoms with van der Waals surface area (Å²) in [6, 6.07) is 2.75. The molecule has 0 amide bonds. The summed E-state index contributed by atoms with van der Waals surface area (Å²) in [5.41, 5.74) is 7.62. The van der Waals surface area contributed by atoms with Crippen LogP contribution in [0.1, 0.15) is 24.8 Å². The highest BCUT2D eigenvalue weighted by atomic mass is 15.2. The van der Waals surface area contributed by atoms with E-state index in [1.165, 1.54) is 19.3 Å². The van der Waals surface area contributed by atoms with Crippen LogP contribution in [0.4, 0.5) is 11.5 Å². The van der Waals surface area contributed by atoms with Crippen LogP contribution in [0, 0.1) is 6.92 Å². The largest absolute Gasteiger partial charge is 0.397 e. The molecule has 0 spiro atoms. The lowest BCUT2D eigenvalue weighted by Gasteiger charge is -2.35. The van der Waals surface area contributed by atoms with Gasteiger partial charge in [0.25, 0.3) is 0 Å². The maximum absolute atomic E-state index is 5.73. The summed E-state index contributed by atoms with van der Waals surface area (Å²) < 4.78 is 0. The van der Waals surface area contributed by atoms with Crippen molar-refractivity contribution in [2.75, 3.05) is 17.7 Å². The van der Waals surface area contributed by atoms with Gasteiger partial charge < -0.3 is 10.6 Å². The zero-order valence-corrected chi connectivity index (χ0v) is 8.83. The van der Waals surface area contributed by atoms with Crippen LogP contribution < -0.4 is 10.6 Å². The number of aromatic nitrogens is 1. The number of anilines is 2. The topological polar surface area (TPSA) is 42.2 Å². The molecule has 2 N–H and O–H groups in total. The molecule has 3 heteroatoms. The number of nitrogen functional groups attached to an aromatic ring is 1. The summed E-state index contributed by atoms with van der Waals surface area (Å²) in [6.45, 7) is 2.02. The highest BCUT2D eigenvalue weighted by Gasteiger charge is 2.22. The lowest BCUT2D eigenvalue weighted by atomic mass is 9.92. The van der Waals surface area contributed by atoms with Gasteiger partial charge in [-0.1, -0.05) is 0 Å².